The van der Waals surface area contributed by atoms with Crippen LogP contribution in [0, 0.1) is 5.82 Å². The Morgan fingerprint density at radius 2 is 2.06 bits per heavy atom. The largest absolute Gasteiger partial charge is 0.494 e. The third-order valence-electron chi connectivity index (χ3n) is 5.28. The SMILES string of the molecule is CCCCN(C)C/C=C/C(=O)Cc1cc2c(Nc3ccc(F)c(Cl)c3)ncnc2cc1OCC. The molecule has 0 unspecified atom stereocenters. The van der Waals surface area contributed by atoms with E-state index in [1.165, 1.54) is 18.5 Å². The van der Waals surface area contributed by atoms with Crippen molar-refractivity contribution in [1.82, 2.24) is 14.9 Å². The Balaban J connectivity index is 1.85. The average molecular weight is 485 g/mol. The van der Waals surface area contributed by atoms with Gasteiger partial charge in [-0.15, -0.1) is 0 Å². The highest BCUT2D eigenvalue weighted by Crippen LogP contribution is 2.31. The Kier molecular flexibility index (Phi) is 9.36. The molecule has 0 fully saturated rings. The molecule has 0 saturated carbocycles. The fourth-order valence-electron chi connectivity index (χ4n) is 3.50. The van der Waals surface area contributed by atoms with Gasteiger partial charge in [0.25, 0.3) is 0 Å². The Morgan fingerprint density at radius 3 is 2.79 bits per heavy atom. The smallest absolute Gasteiger partial charge is 0.159 e. The summed E-state index contributed by atoms with van der Waals surface area (Å²) < 4.78 is 19.3. The Hall–Kier alpha value is -3.03. The van der Waals surface area contributed by atoms with Gasteiger partial charge in [0.1, 0.15) is 23.7 Å². The third-order valence-corrected chi connectivity index (χ3v) is 5.57. The average Bonchev–Trinajstić information content (AvgIpc) is 2.81. The summed E-state index contributed by atoms with van der Waals surface area (Å²) in [6, 6.07) is 8.04. The first-order valence-electron chi connectivity index (χ1n) is 11.4. The van der Waals surface area contributed by atoms with E-state index in [1.54, 1.807) is 12.1 Å². The number of nitrogens with zero attached hydrogens (tertiary/aromatic N) is 3. The third kappa shape index (κ3) is 6.98. The number of aromatic nitrogens is 2. The summed E-state index contributed by atoms with van der Waals surface area (Å²) in [5, 5.41) is 3.90. The molecule has 0 saturated heterocycles. The number of likely N-dealkylation sites (N-methyl/N-ethyl adjacent to an activating group) is 1. The van der Waals surface area contributed by atoms with Crippen LogP contribution in [0.1, 0.15) is 32.3 Å². The van der Waals surface area contributed by atoms with Crippen LogP contribution in [0.25, 0.3) is 10.9 Å². The molecule has 1 aromatic heterocycles. The maximum atomic E-state index is 13.5. The van der Waals surface area contributed by atoms with E-state index in [-0.39, 0.29) is 17.2 Å². The molecule has 0 aliphatic carbocycles. The number of ether oxygens (including phenoxy) is 1. The van der Waals surface area contributed by atoms with Gasteiger partial charge in [0, 0.05) is 35.7 Å². The standard InChI is InChI=1S/C26H30ClFN4O2/c1-4-6-11-32(3)12-7-8-20(33)13-18-14-21-24(16-25(18)34-5-2)29-17-30-26(21)31-19-9-10-23(28)22(27)15-19/h7-10,14-17H,4-6,11-13H2,1-3H3,(H,29,30,31)/b8-7+. The zero-order valence-electron chi connectivity index (χ0n) is 19.8. The summed E-state index contributed by atoms with van der Waals surface area (Å²) in [4.78, 5) is 23.6. The van der Waals surface area contributed by atoms with E-state index in [0.717, 1.165) is 36.9 Å². The first-order valence-corrected chi connectivity index (χ1v) is 11.8. The van der Waals surface area contributed by atoms with Crippen LogP contribution in [0.2, 0.25) is 5.02 Å². The Labute approximate surface area is 204 Å². The lowest BCUT2D eigenvalue weighted by Crippen LogP contribution is -2.19. The molecule has 0 spiro atoms. The van der Waals surface area contributed by atoms with Crippen molar-refractivity contribution in [3.8, 4) is 5.75 Å². The number of nitrogens with one attached hydrogen (secondary N) is 1. The second kappa shape index (κ2) is 12.4. The van der Waals surface area contributed by atoms with Gasteiger partial charge in [0.05, 0.1) is 17.1 Å². The molecular weight excluding hydrogens is 455 g/mol. The topological polar surface area (TPSA) is 67.4 Å². The molecule has 0 amide bonds. The quantitative estimate of drug-likeness (QED) is 0.320. The number of anilines is 2. The molecule has 34 heavy (non-hydrogen) atoms. The molecule has 3 rings (SSSR count). The Morgan fingerprint density at radius 1 is 1.24 bits per heavy atom. The molecule has 1 N–H and O–H groups in total. The minimum Gasteiger partial charge on any atom is -0.494 e. The van der Waals surface area contributed by atoms with Crippen LogP contribution >= 0.6 is 11.6 Å². The number of allylic oxidation sites excluding steroid dienone is 1. The van der Waals surface area contributed by atoms with Gasteiger partial charge in [-0.25, -0.2) is 14.4 Å². The first-order chi connectivity index (χ1) is 16.4. The lowest BCUT2D eigenvalue weighted by Gasteiger charge is -2.14. The lowest BCUT2D eigenvalue weighted by molar-refractivity contribution is -0.114. The van der Waals surface area contributed by atoms with Crippen LogP contribution in [0.15, 0.2) is 48.8 Å². The predicted octanol–water partition coefficient (Wildman–Crippen LogP) is 5.96. The van der Waals surface area contributed by atoms with Crippen LogP contribution in [0.3, 0.4) is 0 Å². The van der Waals surface area contributed by atoms with E-state index in [2.05, 4.69) is 27.1 Å². The van der Waals surface area contributed by atoms with E-state index < -0.39 is 5.82 Å². The minimum atomic E-state index is -0.494. The molecule has 6 nitrogen and oxygen atoms in total. The number of carbonyl (C=O) groups is 1. The highest BCUT2D eigenvalue weighted by atomic mass is 35.5. The predicted molar refractivity (Wildman–Crippen MR) is 136 cm³/mol. The highest BCUT2D eigenvalue weighted by molar-refractivity contribution is 6.31. The molecule has 180 valence electrons. The maximum Gasteiger partial charge on any atom is 0.159 e. The molecule has 0 radical (unpaired) electrons. The van der Waals surface area contributed by atoms with Gasteiger partial charge < -0.3 is 15.0 Å². The van der Waals surface area contributed by atoms with Crippen molar-refractivity contribution in [2.45, 2.75) is 33.1 Å². The molecule has 0 aliphatic rings. The summed E-state index contributed by atoms with van der Waals surface area (Å²) >= 11 is 5.91. The number of hydrogen-bond donors (Lipinski definition) is 1. The second-order valence-corrected chi connectivity index (χ2v) is 8.45. The normalized spacial score (nSPS) is 11.5. The summed E-state index contributed by atoms with van der Waals surface area (Å²) in [5.74, 6) is 0.635. The highest BCUT2D eigenvalue weighted by Gasteiger charge is 2.14. The first kappa shape index (κ1) is 25.6. The number of benzene rings is 2. The van der Waals surface area contributed by atoms with E-state index >= 15 is 0 Å². The summed E-state index contributed by atoms with van der Waals surface area (Å²) in [6.45, 7) is 6.25. The monoisotopic (exact) mass is 484 g/mol. The van der Waals surface area contributed by atoms with E-state index in [4.69, 9.17) is 16.3 Å². The zero-order chi connectivity index (χ0) is 24.5. The molecule has 3 aromatic rings. The molecule has 0 bridgehead atoms. The van der Waals surface area contributed by atoms with E-state index in [0.29, 0.717) is 29.4 Å². The van der Waals surface area contributed by atoms with Gasteiger partial charge in [-0.05, 0) is 57.3 Å². The zero-order valence-corrected chi connectivity index (χ0v) is 20.5. The molecular formula is C26H30ClFN4O2. The van der Waals surface area contributed by atoms with Gasteiger partial charge >= 0.3 is 0 Å². The molecule has 8 heteroatoms. The number of fused-ring (bicyclic) bond motifs is 1. The van der Waals surface area contributed by atoms with Crippen molar-refractivity contribution in [3.63, 3.8) is 0 Å². The maximum absolute atomic E-state index is 13.5. The van der Waals surface area contributed by atoms with Crippen LogP contribution in [0.5, 0.6) is 5.75 Å². The summed E-state index contributed by atoms with van der Waals surface area (Å²) in [5.41, 5.74) is 2.00. The number of ketones is 1. The summed E-state index contributed by atoms with van der Waals surface area (Å²) in [7, 11) is 2.05. The van der Waals surface area contributed by atoms with Gasteiger partial charge in [0.2, 0.25) is 0 Å². The van der Waals surface area contributed by atoms with Crippen LogP contribution in [0.4, 0.5) is 15.9 Å². The van der Waals surface area contributed by atoms with Crippen molar-refractivity contribution in [3.05, 3.63) is 65.2 Å². The van der Waals surface area contributed by atoms with Gasteiger partial charge in [-0.3, -0.25) is 4.79 Å². The van der Waals surface area contributed by atoms with Crippen LogP contribution in [-0.2, 0) is 11.2 Å². The fourth-order valence-corrected chi connectivity index (χ4v) is 3.68. The van der Waals surface area contributed by atoms with Crippen molar-refractivity contribution in [1.29, 1.82) is 0 Å². The number of carbonyl (C=O) groups excluding carboxylic acids is 1. The van der Waals surface area contributed by atoms with E-state index in [9.17, 15) is 9.18 Å². The molecule has 0 aliphatic heterocycles. The van der Waals surface area contributed by atoms with Gasteiger partial charge in [-0.2, -0.15) is 0 Å². The van der Waals surface area contributed by atoms with Crippen molar-refractivity contribution >= 4 is 39.8 Å². The van der Waals surface area contributed by atoms with Gasteiger partial charge in [-0.1, -0.05) is 31.0 Å². The molecule has 2 aromatic carbocycles. The number of rotatable bonds is 12. The van der Waals surface area contributed by atoms with Crippen LogP contribution in [-0.4, -0.2) is 47.4 Å². The lowest BCUT2D eigenvalue weighted by atomic mass is 10.0. The summed E-state index contributed by atoms with van der Waals surface area (Å²) in [6.07, 6.45) is 7.43. The minimum absolute atomic E-state index is 0.0131. The fraction of sp³-hybridized carbons (Fsp3) is 0.346. The number of hydrogen-bond acceptors (Lipinski definition) is 6. The second-order valence-electron chi connectivity index (χ2n) is 8.05. The van der Waals surface area contributed by atoms with Crippen molar-refractivity contribution in [2.24, 2.45) is 0 Å². The molecule has 1 heterocycles. The Bertz CT molecular complexity index is 1170. The van der Waals surface area contributed by atoms with Gasteiger partial charge in [0.15, 0.2) is 5.78 Å². The molecule has 0 atom stereocenters. The number of halogens is 2. The van der Waals surface area contributed by atoms with Crippen LogP contribution < -0.4 is 10.1 Å². The van der Waals surface area contributed by atoms with E-state index in [1.807, 2.05) is 32.2 Å². The van der Waals surface area contributed by atoms with Crippen molar-refractivity contribution in [2.75, 3.05) is 32.1 Å². The number of unbranched alkanes of at least 4 members (excludes halogenated alkanes) is 1. The van der Waals surface area contributed by atoms with Crippen molar-refractivity contribution < 1.29 is 13.9 Å².